The third-order valence-electron chi connectivity index (χ3n) is 3.51. The zero-order valence-corrected chi connectivity index (χ0v) is 14.4. The summed E-state index contributed by atoms with van der Waals surface area (Å²) in [6, 6.07) is 11.0. The maximum Gasteiger partial charge on any atom is 0.319 e. The fourth-order valence-electron chi connectivity index (χ4n) is 2.18. The molecule has 26 heavy (non-hydrogen) atoms. The number of phenols is 1. The highest BCUT2D eigenvalue weighted by atomic mass is 16.5. The zero-order valence-electron chi connectivity index (χ0n) is 14.4. The van der Waals surface area contributed by atoms with Gasteiger partial charge >= 0.3 is 6.03 Å². The number of urea groups is 1. The summed E-state index contributed by atoms with van der Waals surface area (Å²) in [4.78, 5) is 23.7. The van der Waals surface area contributed by atoms with E-state index in [2.05, 4.69) is 22.5 Å². The lowest BCUT2D eigenvalue weighted by molar-refractivity contribution is 0.0958. The Morgan fingerprint density at radius 1 is 1.15 bits per heavy atom. The SMILES string of the molecule is C=CCNC(=O)c1ccc(NC(=O)NCc2ccc(OC)c(O)c2)cc1. The zero-order chi connectivity index (χ0) is 18.9. The van der Waals surface area contributed by atoms with Crippen LogP contribution in [-0.4, -0.2) is 30.7 Å². The standard InChI is InChI=1S/C19H21N3O4/c1-3-10-20-18(24)14-5-7-15(8-6-14)22-19(25)21-12-13-4-9-17(26-2)16(23)11-13/h3-9,11,23H,1,10,12H2,2H3,(H,20,24)(H2,21,22,25). The van der Waals surface area contributed by atoms with Crippen molar-refractivity contribution in [2.45, 2.75) is 6.54 Å². The number of nitrogens with one attached hydrogen (secondary N) is 3. The quantitative estimate of drug-likeness (QED) is 0.574. The van der Waals surface area contributed by atoms with Crippen LogP contribution < -0.4 is 20.7 Å². The summed E-state index contributed by atoms with van der Waals surface area (Å²) >= 11 is 0. The lowest BCUT2D eigenvalue weighted by atomic mass is 10.2. The Kier molecular flexibility index (Phi) is 6.61. The summed E-state index contributed by atoms with van der Waals surface area (Å²) in [5.41, 5.74) is 1.78. The number of anilines is 1. The predicted octanol–water partition coefficient (Wildman–Crippen LogP) is 2.64. The van der Waals surface area contributed by atoms with E-state index in [4.69, 9.17) is 4.74 Å². The first-order valence-electron chi connectivity index (χ1n) is 7.93. The molecule has 0 radical (unpaired) electrons. The summed E-state index contributed by atoms with van der Waals surface area (Å²) in [7, 11) is 1.47. The van der Waals surface area contributed by atoms with E-state index >= 15 is 0 Å². The van der Waals surface area contributed by atoms with Gasteiger partial charge in [-0.05, 0) is 42.0 Å². The number of benzene rings is 2. The first kappa shape index (κ1) is 18.9. The summed E-state index contributed by atoms with van der Waals surface area (Å²) in [5.74, 6) is 0.174. The highest BCUT2D eigenvalue weighted by molar-refractivity contribution is 5.95. The monoisotopic (exact) mass is 355 g/mol. The largest absolute Gasteiger partial charge is 0.504 e. The van der Waals surface area contributed by atoms with Crippen molar-refractivity contribution in [2.24, 2.45) is 0 Å². The fraction of sp³-hybridized carbons (Fsp3) is 0.158. The van der Waals surface area contributed by atoms with Crippen LogP contribution in [0, 0.1) is 0 Å². The summed E-state index contributed by atoms with van der Waals surface area (Å²) < 4.78 is 4.97. The molecule has 0 aliphatic heterocycles. The topological polar surface area (TPSA) is 99.7 Å². The molecule has 4 N–H and O–H groups in total. The lowest BCUT2D eigenvalue weighted by Gasteiger charge is -2.10. The Morgan fingerprint density at radius 2 is 1.88 bits per heavy atom. The van der Waals surface area contributed by atoms with Crippen LogP contribution in [0.15, 0.2) is 55.1 Å². The van der Waals surface area contributed by atoms with Gasteiger partial charge in [0.2, 0.25) is 0 Å². The van der Waals surface area contributed by atoms with Crippen LogP contribution in [0.1, 0.15) is 15.9 Å². The number of hydrogen-bond acceptors (Lipinski definition) is 4. The molecule has 2 rings (SSSR count). The van der Waals surface area contributed by atoms with Gasteiger partial charge in [0.15, 0.2) is 11.5 Å². The van der Waals surface area contributed by atoms with E-state index in [1.165, 1.54) is 13.2 Å². The minimum Gasteiger partial charge on any atom is -0.504 e. The summed E-state index contributed by atoms with van der Waals surface area (Å²) in [6.07, 6.45) is 1.60. The molecule has 7 heteroatoms. The Morgan fingerprint density at radius 3 is 2.50 bits per heavy atom. The molecule has 0 aromatic heterocycles. The third-order valence-corrected chi connectivity index (χ3v) is 3.51. The molecule has 0 atom stereocenters. The highest BCUT2D eigenvalue weighted by Crippen LogP contribution is 2.26. The molecule has 0 unspecified atom stereocenters. The first-order chi connectivity index (χ1) is 12.5. The van der Waals surface area contributed by atoms with Crippen LogP contribution in [0.4, 0.5) is 10.5 Å². The van der Waals surface area contributed by atoms with Gasteiger partial charge in [0.05, 0.1) is 7.11 Å². The molecule has 2 aromatic carbocycles. The average molecular weight is 355 g/mol. The predicted molar refractivity (Wildman–Crippen MR) is 99.5 cm³/mol. The number of hydrogen-bond donors (Lipinski definition) is 4. The molecule has 0 bridgehead atoms. The van der Waals surface area contributed by atoms with Crippen LogP contribution in [0.3, 0.4) is 0 Å². The highest BCUT2D eigenvalue weighted by Gasteiger charge is 2.07. The molecule has 0 saturated carbocycles. The van der Waals surface area contributed by atoms with Crippen molar-refractivity contribution in [1.29, 1.82) is 0 Å². The van der Waals surface area contributed by atoms with Gasteiger partial charge in [0, 0.05) is 24.3 Å². The molecular weight excluding hydrogens is 334 g/mol. The van der Waals surface area contributed by atoms with Crippen LogP contribution in [0.5, 0.6) is 11.5 Å². The second-order valence-electron chi connectivity index (χ2n) is 5.39. The van der Waals surface area contributed by atoms with Crippen LogP contribution in [0.25, 0.3) is 0 Å². The van der Waals surface area contributed by atoms with Gasteiger partial charge in [-0.1, -0.05) is 12.1 Å². The average Bonchev–Trinajstić information content (AvgIpc) is 2.65. The number of carbonyl (C=O) groups is 2. The Bertz CT molecular complexity index is 788. The van der Waals surface area contributed by atoms with E-state index in [1.54, 1.807) is 42.5 Å². The minimum absolute atomic E-state index is 0.0116. The molecule has 2 aromatic rings. The van der Waals surface area contributed by atoms with Crippen molar-refractivity contribution in [2.75, 3.05) is 19.0 Å². The van der Waals surface area contributed by atoms with Gasteiger partial charge < -0.3 is 25.8 Å². The molecule has 0 spiro atoms. The number of phenolic OH excluding ortho intramolecular Hbond substituents is 1. The lowest BCUT2D eigenvalue weighted by Crippen LogP contribution is -2.28. The second kappa shape index (κ2) is 9.12. The number of methoxy groups -OCH3 is 1. The van der Waals surface area contributed by atoms with Crippen molar-refractivity contribution < 1.29 is 19.4 Å². The van der Waals surface area contributed by atoms with Crippen LogP contribution >= 0.6 is 0 Å². The van der Waals surface area contributed by atoms with E-state index in [0.717, 1.165) is 5.56 Å². The fourth-order valence-corrected chi connectivity index (χ4v) is 2.18. The van der Waals surface area contributed by atoms with Gasteiger partial charge in [-0.3, -0.25) is 4.79 Å². The number of rotatable bonds is 7. The second-order valence-corrected chi connectivity index (χ2v) is 5.39. The van der Waals surface area contributed by atoms with Crippen molar-refractivity contribution in [3.8, 4) is 11.5 Å². The van der Waals surface area contributed by atoms with E-state index in [0.29, 0.717) is 23.5 Å². The van der Waals surface area contributed by atoms with Crippen LogP contribution in [0.2, 0.25) is 0 Å². The van der Waals surface area contributed by atoms with Crippen molar-refractivity contribution in [3.63, 3.8) is 0 Å². The van der Waals surface area contributed by atoms with Crippen molar-refractivity contribution in [3.05, 3.63) is 66.2 Å². The van der Waals surface area contributed by atoms with Gasteiger partial charge in [-0.15, -0.1) is 6.58 Å². The number of ether oxygens (including phenoxy) is 1. The molecule has 7 nitrogen and oxygen atoms in total. The molecule has 0 aliphatic carbocycles. The normalized spacial score (nSPS) is 9.88. The van der Waals surface area contributed by atoms with E-state index in [9.17, 15) is 14.7 Å². The Balaban J connectivity index is 1.86. The van der Waals surface area contributed by atoms with Gasteiger partial charge in [-0.2, -0.15) is 0 Å². The van der Waals surface area contributed by atoms with E-state index in [1.807, 2.05) is 0 Å². The number of amides is 3. The first-order valence-corrected chi connectivity index (χ1v) is 7.93. The van der Waals surface area contributed by atoms with Gasteiger partial charge in [-0.25, -0.2) is 4.79 Å². The number of aromatic hydroxyl groups is 1. The molecule has 136 valence electrons. The van der Waals surface area contributed by atoms with E-state index in [-0.39, 0.29) is 18.2 Å². The molecule has 0 saturated heterocycles. The molecular formula is C19H21N3O4. The molecule has 0 heterocycles. The Hall–Kier alpha value is -3.48. The van der Waals surface area contributed by atoms with Gasteiger partial charge in [0.1, 0.15) is 0 Å². The van der Waals surface area contributed by atoms with Crippen molar-refractivity contribution >= 4 is 17.6 Å². The molecule has 3 amide bonds. The minimum atomic E-state index is -0.399. The summed E-state index contributed by atoms with van der Waals surface area (Å²) in [5, 5.41) is 17.8. The van der Waals surface area contributed by atoms with Crippen molar-refractivity contribution in [1.82, 2.24) is 10.6 Å². The summed E-state index contributed by atoms with van der Waals surface area (Å²) in [6.45, 7) is 4.17. The Labute approximate surface area is 151 Å². The maximum absolute atomic E-state index is 12.0. The number of carbonyl (C=O) groups excluding carboxylic acids is 2. The molecule has 0 fully saturated rings. The smallest absolute Gasteiger partial charge is 0.319 e. The third kappa shape index (κ3) is 5.27. The molecule has 0 aliphatic rings. The van der Waals surface area contributed by atoms with Crippen LogP contribution in [-0.2, 0) is 6.54 Å². The van der Waals surface area contributed by atoms with E-state index < -0.39 is 6.03 Å². The maximum atomic E-state index is 12.0. The van der Waals surface area contributed by atoms with Gasteiger partial charge in [0.25, 0.3) is 5.91 Å².